The first kappa shape index (κ1) is 20.2. The molecule has 1 amide bonds. The van der Waals surface area contributed by atoms with Crippen LogP contribution in [-0.2, 0) is 11.3 Å². The van der Waals surface area contributed by atoms with Crippen LogP contribution in [0.1, 0.15) is 24.8 Å². The number of nitrogens with one attached hydrogen (secondary N) is 2. The van der Waals surface area contributed by atoms with E-state index in [9.17, 15) is 9.18 Å². The summed E-state index contributed by atoms with van der Waals surface area (Å²) in [7, 11) is 0. The number of rotatable bonds is 7. The first-order chi connectivity index (χ1) is 13.1. The summed E-state index contributed by atoms with van der Waals surface area (Å²) in [5.74, 6) is 0.579. The smallest absolute Gasteiger partial charge is 0.221 e. The Kier molecular flexibility index (Phi) is 7.56. The van der Waals surface area contributed by atoms with E-state index in [0.717, 1.165) is 42.4 Å². The molecule has 0 radical (unpaired) electrons. The highest BCUT2D eigenvalue weighted by atomic mass is 35.5. The Morgan fingerprint density at radius 3 is 2.44 bits per heavy atom. The molecule has 0 bridgehead atoms. The van der Waals surface area contributed by atoms with E-state index < -0.39 is 0 Å². The summed E-state index contributed by atoms with van der Waals surface area (Å²) in [5.41, 5.74) is 1.30. The van der Waals surface area contributed by atoms with Crippen molar-refractivity contribution in [2.45, 2.75) is 36.7 Å². The summed E-state index contributed by atoms with van der Waals surface area (Å²) in [6.45, 7) is 3.14. The van der Waals surface area contributed by atoms with Gasteiger partial charge in [0.1, 0.15) is 12.4 Å². The van der Waals surface area contributed by atoms with E-state index in [-0.39, 0.29) is 17.8 Å². The molecule has 3 nitrogen and oxygen atoms in total. The Morgan fingerprint density at radius 1 is 1.11 bits per heavy atom. The predicted octanol–water partition coefficient (Wildman–Crippen LogP) is 3.33. The fraction of sp³-hybridized carbons (Fsp3) is 0.381. The van der Waals surface area contributed by atoms with Gasteiger partial charge in [-0.3, -0.25) is 4.79 Å². The third-order valence-electron chi connectivity index (χ3n) is 4.84. The molecule has 1 aliphatic rings. The largest absolute Gasteiger partial charge is 0.353 e. The van der Waals surface area contributed by atoms with Gasteiger partial charge in [0.2, 0.25) is 5.91 Å². The molecule has 3 rings (SSSR count). The lowest BCUT2D eigenvalue weighted by Crippen LogP contribution is -3.12. The van der Waals surface area contributed by atoms with E-state index in [2.05, 4.69) is 17.4 Å². The first-order valence-electron chi connectivity index (χ1n) is 9.34. The van der Waals surface area contributed by atoms with Crippen molar-refractivity contribution < 1.29 is 14.1 Å². The number of hydrogen-bond acceptors (Lipinski definition) is 2. The SMILES string of the molecule is O=C(CCSc1ccc(F)cc1)NC1CC[NH+](Cc2ccc(Cl)cc2)CC1. The summed E-state index contributed by atoms with van der Waals surface area (Å²) < 4.78 is 12.9. The minimum absolute atomic E-state index is 0.107. The average molecular weight is 408 g/mol. The van der Waals surface area contributed by atoms with Gasteiger partial charge in [-0.1, -0.05) is 23.7 Å². The highest BCUT2D eigenvalue weighted by Crippen LogP contribution is 2.18. The van der Waals surface area contributed by atoms with Crippen molar-refractivity contribution in [1.82, 2.24) is 5.32 Å². The second-order valence-electron chi connectivity index (χ2n) is 6.95. The quantitative estimate of drug-likeness (QED) is 0.690. The minimum atomic E-state index is -0.235. The molecule has 0 aromatic heterocycles. The number of hydrogen-bond donors (Lipinski definition) is 2. The molecular formula is C21H25ClFN2OS+. The van der Waals surface area contributed by atoms with Crippen LogP contribution in [0.5, 0.6) is 0 Å². The van der Waals surface area contributed by atoms with Crippen LogP contribution >= 0.6 is 23.4 Å². The highest BCUT2D eigenvalue weighted by Gasteiger charge is 2.23. The topological polar surface area (TPSA) is 33.5 Å². The number of carbonyl (C=O) groups excluding carboxylic acids is 1. The van der Waals surface area contributed by atoms with E-state index >= 15 is 0 Å². The van der Waals surface area contributed by atoms with Gasteiger partial charge in [0.05, 0.1) is 13.1 Å². The van der Waals surface area contributed by atoms with Crippen LogP contribution in [0, 0.1) is 5.82 Å². The lowest BCUT2D eigenvalue weighted by Gasteiger charge is -2.29. The lowest BCUT2D eigenvalue weighted by atomic mass is 10.0. The molecule has 0 aliphatic carbocycles. The maximum absolute atomic E-state index is 12.9. The van der Waals surface area contributed by atoms with Gasteiger partial charge in [-0.2, -0.15) is 0 Å². The van der Waals surface area contributed by atoms with Gasteiger partial charge < -0.3 is 10.2 Å². The fourth-order valence-corrected chi connectivity index (χ4v) is 4.31. The van der Waals surface area contributed by atoms with Gasteiger partial charge in [0.15, 0.2) is 0 Å². The van der Waals surface area contributed by atoms with Crippen LogP contribution in [0.4, 0.5) is 4.39 Å². The van der Waals surface area contributed by atoms with Gasteiger partial charge in [-0.05, 0) is 36.4 Å². The molecule has 6 heteroatoms. The van der Waals surface area contributed by atoms with E-state index in [1.54, 1.807) is 28.8 Å². The molecular weight excluding hydrogens is 383 g/mol. The highest BCUT2D eigenvalue weighted by molar-refractivity contribution is 7.99. The zero-order valence-corrected chi connectivity index (χ0v) is 16.8. The maximum Gasteiger partial charge on any atom is 0.221 e. The molecule has 0 spiro atoms. The Hall–Kier alpha value is -1.56. The number of halogens is 2. The number of piperidine rings is 1. The van der Waals surface area contributed by atoms with Crippen molar-refractivity contribution in [2.75, 3.05) is 18.8 Å². The minimum Gasteiger partial charge on any atom is -0.353 e. The normalized spacial score (nSPS) is 19.6. The van der Waals surface area contributed by atoms with E-state index in [0.29, 0.717) is 12.2 Å². The fourth-order valence-electron chi connectivity index (χ4n) is 3.33. The van der Waals surface area contributed by atoms with Gasteiger partial charge in [-0.25, -0.2) is 4.39 Å². The monoisotopic (exact) mass is 407 g/mol. The average Bonchev–Trinajstić information content (AvgIpc) is 2.67. The molecule has 1 fully saturated rings. The Balaban J connectivity index is 1.33. The third-order valence-corrected chi connectivity index (χ3v) is 6.10. The van der Waals surface area contributed by atoms with Crippen LogP contribution in [0.3, 0.4) is 0 Å². The van der Waals surface area contributed by atoms with Crippen LogP contribution in [-0.4, -0.2) is 30.8 Å². The molecule has 1 saturated heterocycles. The Labute approximate surface area is 169 Å². The second kappa shape index (κ2) is 10.1. The zero-order chi connectivity index (χ0) is 19.1. The molecule has 1 aliphatic heterocycles. The van der Waals surface area contributed by atoms with Gasteiger partial charge in [0.25, 0.3) is 0 Å². The predicted molar refractivity (Wildman–Crippen MR) is 109 cm³/mol. The van der Waals surface area contributed by atoms with Crippen LogP contribution in [0.2, 0.25) is 5.02 Å². The van der Waals surface area contributed by atoms with Gasteiger partial charge in [-0.15, -0.1) is 11.8 Å². The summed E-state index contributed by atoms with van der Waals surface area (Å²) in [4.78, 5) is 14.7. The molecule has 0 unspecified atom stereocenters. The standard InChI is InChI=1S/C21H24ClFN2OS/c22-17-3-1-16(2-4-17)15-25-12-9-19(10-13-25)24-21(26)11-14-27-20-7-5-18(23)6-8-20/h1-8,19H,9-15H2,(H,24,26)/p+1. The van der Waals surface area contributed by atoms with Crippen molar-refractivity contribution in [3.05, 3.63) is 64.9 Å². The third kappa shape index (κ3) is 6.83. The number of benzene rings is 2. The van der Waals surface area contributed by atoms with Crippen molar-refractivity contribution in [3.8, 4) is 0 Å². The Bertz CT molecular complexity index is 731. The van der Waals surface area contributed by atoms with Crippen LogP contribution in [0.15, 0.2) is 53.4 Å². The molecule has 2 aromatic carbocycles. The first-order valence-corrected chi connectivity index (χ1v) is 10.7. The van der Waals surface area contributed by atoms with E-state index in [1.165, 1.54) is 17.7 Å². The number of amides is 1. The summed E-state index contributed by atoms with van der Waals surface area (Å²) >= 11 is 7.52. The second-order valence-corrected chi connectivity index (χ2v) is 8.55. The molecule has 1 heterocycles. The summed E-state index contributed by atoms with van der Waals surface area (Å²) in [6, 6.07) is 14.7. The van der Waals surface area contributed by atoms with Crippen molar-refractivity contribution in [3.63, 3.8) is 0 Å². The molecule has 0 saturated carbocycles. The van der Waals surface area contributed by atoms with Gasteiger partial charge in [0, 0.05) is 46.5 Å². The number of carbonyl (C=O) groups is 1. The van der Waals surface area contributed by atoms with Crippen LogP contribution in [0.25, 0.3) is 0 Å². The molecule has 144 valence electrons. The zero-order valence-electron chi connectivity index (χ0n) is 15.2. The van der Waals surface area contributed by atoms with E-state index in [4.69, 9.17) is 11.6 Å². The number of thioether (sulfide) groups is 1. The van der Waals surface area contributed by atoms with Crippen molar-refractivity contribution in [2.24, 2.45) is 0 Å². The molecule has 2 N–H and O–H groups in total. The van der Waals surface area contributed by atoms with E-state index in [1.807, 2.05) is 12.1 Å². The van der Waals surface area contributed by atoms with Gasteiger partial charge >= 0.3 is 0 Å². The van der Waals surface area contributed by atoms with Crippen LogP contribution < -0.4 is 10.2 Å². The summed E-state index contributed by atoms with van der Waals surface area (Å²) in [5, 5.41) is 3.93. The lowest BCUT2D eigenvalue weighted by molar-refractivity contribution is -0.918. The molecule has 2 aromatic rings. The molecule has 27 heavy (non-hydrogen) atoms. The molecule has 0 atom stereocenters. The maximum atomic E-state index is 12.9. The van der Waals surface area contributed by atoms with Crippen molar-refractivity contribution >= 4 is 29.3 Å². The Morgan fingerprint density at radius 2 is 1.78 bits per heavy atom. The number of quaternary nitrogens is 1. The van der Waals surface area contributed by atoms with Crippen molar-refractivity contribution in [1.29, 1.82) is 0 Å². The summed E-state index contributed by atoms with van der Waals surface area (Å²) in [6.07, 6.45) is 2.51. The number of likely N-dealkylation sites (tertiary alicyclic amines) is 1.